The number of hydrogen-bond donors (Lipinski definition) is 1. The highest BCUT2D eigenvalue weighted by Crippen LogP contribution is 2.03. The second-order valence-electron chi connectivity index (χ2n) is 4.09. The molecule has 4 heteroatoms. The molecule has 0 saturated carbocycles. The van der Waals surface area contributed by atoms with E-state index in [-0.39, 0.29) is 11.9 Å². The fraction of sp³-hybridized carbons (Fsp3) is 0.429. The molecule has 1 unspecified atom stereocenters. The SMILES string of the molecule is CCOC(=O)C(C)CNCc1ccc(C#N)cc1. The van der Waals surface area contributed by atoms with Crippen molar-refractivity contribution in [2.45, 2.75) is 20.4 Å². The van der Waals surface area contributed by atoms with Gasteiger partial charge in [-0.15, -0.1) is 0 Å². The van der Waals surface area contributed by atoms with Gasteiger partial charge in [0.25, 0.3) is 0 Å². The molecule has 96 valence electrons. The van der Waals surface area contributed by atoms with Gasteiger partial charge in [-0.3, -0.25) is 4.79 Å². The number of nitriles is 1. The highest BCUT2D eigenvalue weighted by atomic mass is 16.5. The first-order chi connectivity index (χ1) is 8.67. The average Bonchev–Trinajstić information content (AvgIpc) is 2.39. The van der Waals surface area contributed by atoms with Gasteiger partial charge in [-0.05, 0) is 24.6 Å². The van der Waals surface area contributed by atoms with E-state index in [0.29, 0.717) is 25.3 Å². The summed E-state index contributed by atoms with van der Waals surface area (Å²) in [4.78, 5) is 11.4. The maximum Gasteiger partial charge on any atom is 0.309 e. The van der Waals surface area contributed by atoms with Gasteiger partial charge in [0.1, 0.15) is 0 Å². The first-order valence-corrected chi connectivity index (χ1v) is 6.03. The summed E-state index contributed by atoms with van der Waals surface area (Å²) in [6, 6.07) is 9.45. The molecule has 0 aliphatic rings. The molecule has 0 aliphatic heterocycles. The highest BCUT2D eigenvalue weighted by Gasteiger charge is 2.12. The summed E-state index contributed by atoms with van der Waals surface area (Å²) >= 11 is 0. The van der Waals surface area contributed by atoms with Crippen molar-refractivity contribution in [3.05, 3.63) is 35.4 Å². The number of rotatable bonds is 6. The molecule has 1 atom stereocenters. The van der Waals surface area contributed by atoms with Gasteiger partial charge in [0, 0.05) is 13.1 Å². The molecule has 0 bridgehead atoms. The molecule has 0 fully saturated rings. The number of hydrogen-bond acceptors (Lipinski definition) is 4. The second kappa shape index (κ2) is 7.46. The molecule has 0 spiro atoms. The molecule has 4 nitrogen and oxygen atoms in total. The Morgan fingerprint density at radius 1 is 1.44 bits per heavy atom. The topological polar surface area (TPSA) is 62.1 Å². The van der Waals surface area contributed by atoms with E-state index in [0.717, 1.165) is 5.56 Å². The lowest BCUT2D eigenvalue weighted by Gasteiger charge is -2.11. The average molecular weight is 246 g/mol. The molecule has 1 rings (SSSR count). The van der Waals surface area contributed by atoms with Crippen LogP contribution in [0.3, 0.4) is 0 Å². The van der Waals surface area contributed by atoms with Crippen LogP contribution >= 0.6 is 0 Å². The van der Waals surface area contributed by atoms with Gasteiger partial charge in [0.15, 0.2) is 0 Å². The first kappa shape index (κ1) is 14.2. The Bertz CT molecular complexity index is 420. The van der Waals surface area contributed by atoms with E-state index in [4.69, 9.17) is 10.00 Å². The van der Waals surface area contributed by atoms with Crippen molar-refractivity contribution in [3.8, 4) is 6.07 Å². The number of carbonyl (C=O) groups is 1. The van der Waals surface area contributed by atoms with Crippen molar-refractivity contribution in [2.75, 3.05) is 13.2 Å². The number of ether oxygens (including phenoxy) is 1. The first-order valence-electron chi connectivity index (χ1n) is 6.03. The van der Waals surface area contributed by atoms with Crippen molar-refractivity contribution < 1.29 is 9.53 Å². The van der Waals surface area contributed by atoms with Crippen LogP contribution in [0.1, 0.15) is 25.0 Å². The van der Waals surface area contributed by atoms with Crippen LogP contribution < -0.4 is 5.32 Å². The molecule has 0 aliphatic carbocycles. The fourth-order valence-corrected chi connectivity index (χ4v) is 1.50. The summed E-state index contributed by atoms with van der Waals surface area (Å²) < 4.78 is 4.92. The third kappa shape index (κ3) is 4.56. The maximum atomic E-state index is 11.4. The van der Waals surface area contributed by atoms with Crippen LogP contribution in [0.5, 0.6) is 0 Å². The minimum Gasteiger partial charge on any atom is -0.466 e. The molecular weight excluding hydrogens is 228 g/mol. The maximum absolute atomic E-state index is 11.4. The van der Waals surface area contributed by atoms with Crippen LogP contribution in [-0.4, -0.2) is 19.1 Å². The van der Waals surface area contributed by atoms with E-state index in [1.807, 2.05) is 19.1 Å². The summed E-state index contributed by atoms with van der Waals surface area (Å²) in [6.45, 7) is 5.31. The Balaban J connectivity index is 2.33. The van der Waals surface area contributed by atoms with Crippen LogP contribution in [0.15, 0.2) is 24.3 Å². The van der Waals surface area contributed by atoms with E-state index in [9.17, 15) is 4.79 Å². The Morgan fingerprint density at radius 3 is 2.67 bits per heavy atom. The quantitative estimate of drug-likeness (QED) is 0.778. The molecule has 1 N–H and O–H groups in total. The Labute approximate surface area is 108 Å². The number of nitrogens with zero attached hydrogens (tertiary/aromatic N) is 1. The normalized spacial score (nSPS) is 11.6. The third-order valence-corrected chi connectivity index (χ3v) is 2.55. The van der Waals surface area contributed by atoms with Crippen molar-refractivity contribution in [2.24, 2.45) is 5.92 Å². The van der Waals surface area contributed by atoms with Crippen LogP contribution in [0.4, 0.5) is 0 Å². The second-order valence-corrected chi connectivity index (χ2v) is 4.09. The smallest absolute Gasteiger partial charge is 0.309 e. The van der Waals surface area contributed by atoms with E-state index >= 15 is 0 Å². The molecule has 1 aromatic rings. The van der Waals surface area contributed by atoms with E-state index in [1.165, 1.54) is 0 Å². The Hall–Kier alpha value is -1.86. The minimum absolute atomic E-state index is 0.150. The third-order valence-electron chi connectivity index (χ3n) is 2.55. The molecule has 0 radical (unpaired) electrons. The highest BCUT2D eigenvalue weighted by molar-refractivity contribution is 5.72. The lowest BCUT2D eigenvalue weighted by Crippen LogP contribution is -2.27. The van der Waals surface area contributed by atoms with Crippen LogP contribution in [0.2, 0.25) is 0 Å². The van der Waals surface area contributed by atoms with Crippen molar-refractivity contribution in [1.82, 2.24) is 5.32 Å². The zero-order valence-electron chi connectivity index (χ0n) is 10.8. The van der Waals surface area contributed by atoms with Crippen molar-refractivity contribution in [3.63, 3.8) is 0 Å². The largest absolute Gasteiger partial charge is 0.466 e. The number of esters is 1. The molecule has 0 aromatic heterocycles. The van der Waals surface area contributed by atoms with Gasteiger partial charge in [-0.1, -0.05) is 19.1 Å². The van der Waals surface area contributed by atoms with Crippen LogP contribution in [0.25, 0.3) is 0 Å². The number of benzene rings is 1. The summed E-state index contributed by atoms with van der Waals surface area (Å²) in [5, 5.41) is 11.9. The van der Waals surface area contributed by atoms with Gasteiger partial charge in [-0.2, -0.15) is 5.26 Å². The number of nitrogens with one attached hydrogen (secondary N) is 1. The molecule has 1 aromatic carbocycles. The zero-order valence-corrected chi connectivity index (χ0v) is 10.8. The monoisotopic (exact) mass is 246 g/mol. The standard InChI is InChI=1S/C14H18N2O2/c1-3-18-14(17)11(2)9-16-10-13-6-4-12(8-15)5-7-13/h4-7,11,16H,3,9-10H2,1-2H3. The van der Waals surface area contributed by atoms with Gasteiger partial charge in [0.05, 0.1) is 24.2 Å². The molecule has 0 heterocycles. The predicted octanol–water partition coefficient (Wildman–Crippen LogP) is 1.85. The molecule has 0 amide bonds. The van der Waals surface area contributed by atoms with Crippen molar-refractivity contribution in [1.29, 1.82) is 5.26 Å². The lowest BCUT2D eigenvalue weighted by atomic mass is 10.1. The predicted molar refractivity (Wildman–Crippen MR) is 68.7 cm³/mol. The Kier molecular flexibility index (Phi) is 5.89. The Morgan fingerprint density at radius 2 is 2.11 bits per heavy atom. The van der Waals surface area contributed by atoms with E-state index in [2.05, 4.69) is 11.4 Å². The number of carbonyl (C=O) groups excluding carboxylic acids is 1. The van der Waals surface area contributed by atoms with E-state index in [1.54, 1.807) is 19.1 Å². The fourth-order valence-electron chi connectivity index (χ4n) is 1.50. The van der Waals surface area contributed by atoms with Crippen LogP contribution in [-0.2, 0) is 16.1 Å². The van der Waals surface area contributed by atoms with E-state index < -0.39 is 0 Å². The summed E-state index contributed by atoms with van der Waals surface area (Å²) in [7, 11) is 0. The minimum atomic E-state index is -0.176. The lowest BCUT2D eigenvalue weighted by molar-refractivity contribution is -0.147. The zero-order chi connectivity index (χ0) is 13.4. The van der Waals surface area contributed by atoms with Gasteiger partial charge < -0.3 is 10.1 Å². The summed E-state index contributed by atoms with van der Waals surface area (Å²) in [5.74, 6) is -0.326. The summed E-state index contributed by atoms with van der Waals surface area (Å²) in [6.07, 6.45) is 0. The van der Waals surface area contributed by atoms with Gasteiger partial charge >= 0.3 is 5.97 Å². The van der Waals surface area contributed by atoms with Gasteiger partial charge in [0.2, 0.25) is 0 Å². The van der Waals surface area contributed by atoms with Gasteiger partial charge in [-0.25, -0.2) is 0 Å². The summed E-state index contributed by atoms with van der Waals surface area (Å²) in [5.41, 5.74) is 1.74. The van der Waals surface area contributed by atoms with Crippen LogP contribution in [0, 0.1) is 17.2 Å². The molecule has 0 saturated heterocycles. The van der Waals surface area contributed by atoms with Crippen molar-refractivity contribution >= 4 is 5.97 Å². The molecule has 18 heavy (non-hydrogen) atoms. The molecular formula is C14H18N2O2.